The van der Waals surface area contributed by atoms with Gasteiger partial charge in [-0.25, -0.2) is 9.79 Å². The van der Waals surface area contributed by atoms with Crippen molar-refractivity contribution >= 4 is 40.6 Å². The van der Waals surface area contributed by atoms with Gasteiger partial charge >= 0.3 is 5.97 Å². The molecule has 1 aliphatic heterocycles. The molecule has 0 atom stereocenters. The highest BCUT2D eigenvalue weighted by molar-refractivity contribution is 8.18. The van der Waals surface area contributed by atoms with Crippen LogP contribution in [0.4, 0.5) is 5.69 Å². The molecule has 0 saturated carbocycles. The van der Waals surface area contributed by atoms with Crippen LogP contribution in [0.25, 0.3) is 6.08 Å². The van der Waals surface area contributed by atoms with Gasteiger partial charge in [0, 0.05) is 7.05 Å². The van der Waals surface area contributed by atoms with E-state index in [1.54, 1.807) is 38.4 Å². The Kier molecular flexibility index (Phi) is 7.77. The molecule has 2 aromatic rings. The minimum absolute atomic E-state index is 0.147. The molecular formula is C23H24N2O6S. The molecule has 168 valence electrons. The number of methoxy groups -OCH3 is 2. The lowest BCUT2D eigenvalue weighted by Gasteiger charge is -2.12. The fourth-order valence-corrected chi connectivity index (χ4v) is 3.75. The highest BCUT2D eigenvalue weighted by atomic mass is 32.2. The van der Waals surface area contributed by atoms with Gasteiger partial charge in [0.05, 0.1) is 31.4 Å². The topological polar surface area (TPSA) is 86.7 Å². The summed E-state index contributed by atoms with van der Waals surface area (Å²) in [6.07, 6.45) is 1.77. The first kappa shape index (κ1) is 23.2. The van der Waals surface area contributed by atoms with Gasteiger partial charge in [-0.2, -0.15) is 0 Å². The Morgan fingerprint density at radius 3 is 2.50 bits per heavy atom. The van der Waals surface area contributed by atoms with Crippen LogP contribution in [-0.4, -0.2) is 56.4 Å². The Morgan fingerprint density at radius 2 is 1.84 bits per heavy atom. The summed E-state index contributed by atoms with van der Waals surface area (Å²) in [5, 5.41) is 0.578. The van der Waals surface area contributed by atoms with Crippen LogP contribution >= 0.6 is 11.8 Å². The van der Waals surface area contributed by atoms with E-state index in [4.69, 9.17) is 14.2 Å². The minimum Gasteiger partial charge on any atom is -0.497 e. The number of thioether (sulfide) groups is 1. The van der Waals surface area contributed by atoms with Crippen molar-refractivity contribution in [3.8, 4) is 17.2 Å². The number of amidine groups is 1. The first-order valence-electron chi connectivity index (χ1n) is 9.82. The van der Waals surface area contributed by atoms with Gasteiger partial charge in [-0.3, -0.25) is 9.69 Å². The molecule has 1 saturated heterocycles. The van der Waals surface area contributed by atoms with Crippen molar-refractivity contribution in [1.29, 1.82) is 0 Å². The van der Waals surface area contributed by atoms with Crippen LogP contribution in [0.1, 0.15) is 12.5 Å². The molecule has 0 N–H and O–H groups in total. The molecule has 1 fully saturated rings. The highest BCUT2D eigenvalue weighted by Crippen LogP contribution is 2.35. The standard InChI is InChI=1S/C23H24N2O6S/c1-5-30-19-12-15(6-11-18(19)31-14-21(26)29-4)13-20-22(27)25(2)23(32-20)24-16-7-9-17(28-3)10-8-16/h6-13H,5,14H2,1-4H3/b20-13-,24-23?. The molecule has 0 unspecified atom stereocenters. The van der Waals surface area contributed by atoms with Gasteiger partial charge in [-0.15, -0.1) is 0 Å². The van der Waals surface area contributed by atoms with Crippen molar-refractivity contribution in [2.75, 3.05) is 34.5 Å². The molecule has 0 bridgehead atoms. The normalized spacial score (nSPS) is 15.9. The summed E-state index contributed by atoms with van der Waals surface area (Å²) in [7, 11) is 4.59. The number of ether oxygens (including phenoxy) is 4. The van der Waals surface area contributed by atoms with Crippen LogP contribution in [-0.2, 0) is 14.3 Å². The fraction of sp³-hybridized carbons (Fsp3) is 0.261. The second kappa shape index (κ2) is 10.7. The van der Waals surface area contributed by atoms with E-state index in [0.717, 1.165) is 17.0 Å². The molecule has 8 nitrogen and oxygen atoms in total. The number of benzene rings is 2. The van der Waals surface area contributed by atoms with Crippen molar-refractivity contribution in [3.63, 3.8) is 0 Å². The highest BCUT2D eigenvalue weighted by Gasteiger charge is 2.30. The van der Waals surface area contributed by atoms with Gasteiger partial charge in [0.25, 0.3) is 5.91 Å². The third kappa shape index (κ3) is 5.61. The molecule has 1 heterocycles. The van der Waals surface area contributed by atoms with Gasteiger partial charge in [0.2, 0.25) is 0 Å². The Bertz CT molecular complexity index is 1050. The zero-order valence-corrected chi connectivity index (χ0v) is 19.1. The number of nitrogens with zero attached hydrogens (tertiary/aromatic N) is 2. The lowest BCUT2D eigenvalue weighted by atomic mass is 10.2. The van der Waals surface area contributed by atoms with E-state index in [9.17, 15) is 9.59 Å². The largest absolute Gasteiger partial charge is 0.497 e. The van der Waals surface area contributed by atoms with Crippen LogP contribution in [0.15, 0.2) is 52.4 Å². The first-order chi connectivity index (χ1) is 15.4. The quantitative estimate of drug-likeness (QED) is 0.440. The number of carbonyl (C=O) groups excluding carboxylic acids is 2. The number of amides is 1. The van der Waals surface area contributed by atoms with Crippen LogP contribution in [0.2, 0.25) is 0 Å². The summed E-state index contributed by atoms with van der Waals surface area (Å²) in [4.78, 5) is 30.7. The predicted molar refractivity (Wildman–Crippen MR) is 124 cm³/mol. The van der Waals surface area contributed by atoms with E-state index in [1.165, 1.54) is 23.8 Å². The molecule has 2 aromatic carbocycles. The van der Waals surface area contributed by atoms with Crippen LogP contribution in [0.5, 0.6) is 17.2 Å². The summed E-state index contributed by atoms with van der Waals surface area (Å²) in [6.45, 7) is 2.05. The number of hydrogen-bond donors (Lipinski definition) is 0. The first-order valence-corrected chi connectivity index (χ1v) is 10.6. The van der Waals surface area contributed by atoms with Crippen LogP contribution < -0.4 is 14.2 Å². The number of rotatable bonds is 8. The SMILES string of the molecule is CCOc1cc(/C=C2\SC(=Nc3ccc(OC)cc3)N(C)C2=O)ccc1OCC(=O)OC. The number of likely N-dealkylation sites (N-methyl/N-ethyl adjacent to an activating group) is 1. The molecule has 0 spiro atoms. The van der Waals surface area contributed by atoms with E-state index in [1.807, 2.05) is 31.2 Å². The van der Waals surface area contributed by atoms with E-state index >= 15 is 0 Å². The molecular weight excluding hydrogens is 432 g/mol. The summed E-state index contributed by atoms with van der Waals surface area (Å²) in [5.74, 6) is 0.997. The molecule has 0 aromatic heterocycles. The number of esters is 1. The maximum atomic E-state index is 12.7. The third-order valence-electron chi connectivity index (χ3n) is 4.44. The van der Waals surface area contributed by atoms with Gasteiger partial charge in [0.15, 0.2) is 23.3 Å². The van der Waals surface area contributed by atoms with Crippen LogP contribution in [0.3, 0.4) is 0 Å². The van der Waals surface area contributed by atoms with Crippen molar-refractivity contribution in [3.05, 3.63) is 52.9 Å². The summed E-state index contributed by atoms with van der Waals surface area (Å²) >= 11 is 1.29. The Hall–Kier alpha value is -3.46. The van der Waals surface area contributed by atoms with E-state index < -0.39 is 5.97 Å². The van der Waals surface area contributed by atoms with Gasteiger partial charge in [0.1, 0.15) is 5.75 Å². The maximum Gasteiger partial charge on any atom is 0.343 e. The smallest absolute Gasteiger partial charge is 0.343 e. The second-order valence-corrected chi connectivity index (χ2v) is 7.58. The molecule has 32 heavy (non-hydrogen) atoms. The third-order valence-corrected chi connectivity index (χ3v) is 5.50. The summed E-state index contributed by atoms with van der Waals surface area (Å²) in [6, 6.07) is 12.5. The number of aliphatic imine (C=N–C) groups is 1. The zero-order valence-electron chi connectivity index (χ0n) is 18.3. The Labute approximate surface area is 190 Å². The van der Waals surface area contributed by atoms with Crippen molar-refractivity contribution in [2.45, 2.75) is 6.92 Å². The lowest BCUT2D eigenvalue weighted by Crippen LogP contribution is -2.23. The van der Waals surface area contributed by atoms with E-state index in [0.29, 0.717) is 28.2 Å². The van der Waals surface area contributed by atoms with Gasteiger partial charge in [-0.05, 0) is 66.7 Å². The molecule has 0 radical (unpaired) electrons. The Balaban J connectivity index is 1.82. The van der Waals surface area contributed by atoms with Crippen molar-refractivity contribution in [2.24, 2.45) is 4.99 Å². The molecule has 9 heteroatoms. The predicted octanol–water partition coefficient (Wildman–Crippen LogP) is 3.88. The summed E-state index contributed by atoms with van der Waals surface area (Å²) in [5.41, 5.74) is 1.48. The van der Waals surface area contributed by atoms with Crippen LogP contribution in [0, 0.1) is 0 Å². The average Bonchev–Trinajstić information content (AvgIpc) is 3.06. The average molecular weight is 457 g/mol. The molecule has 3 rings (SSSR count). The second-order valence-electron chi connectivity index (χ2n) is 6.57. The van der Waals surface area contributed by atoms with Gasteiger partial charge in [-0.1, -0.05) is 6.07 Å². The van der Waals surface area contributed by atoms with Crippen molar-refractivity contribution in [1.82, 2.24) is 4.90 Å². The number of hydrogen-bond acceptors (Lipinski definition) is 8. The minimum atomic E-state index is -0.488. The molecule has 0 aliphatic carbocycles. The lowest BCUT2D eigenvalue weighted by molar-refractivity contribution is -0.142. The Morgan fingerprint density at radius 1 is 1.09 bits per heavy atom. The molecule has 1 aliphatic rings. The number of carbonyl (C=O) groups is 2. The maximum absolute atomic E-state index is 12.7. The van der Waals surface area contributed by atoms with Crippen molar-refractivity contribution < 1.29 is 28.5 Å². The van der Waals surface area contributed by atoms with E-state index in [-0.39, 0.29) is 12.5 Å². The molecule has 1 amide bonds. The zero-order chi connectivity index (χ0) is 23.1. The van der Waals surface area contributed by atoms with Gasteiger partial charge < -0.3 is 18.9 Å². The fourth-order valence-electron chi connectivity index (χ4n) is 2.77. The summed E-state index contributed by atoms with van der Waals surface area (Å²) < 4.78 is 20.9. The monoisotopic (exact) mass is 456 g/mol. The van der Waals surface area contributed by atoms with E-state index in [2.05, 4.69) is 9.73 Å².